The zero-order valence-corrected chi connectivity index (χ0v) is 13.0. The van der Waals surface area contributed by atoms with Gasteiger partial charge in [-0.15, -0.1) is 0 Å². The van der Waals surface area contributed by atoms with E-state index >= 15 is 0 Å². The van der Waals surface area contributed by atoms with Gasteiger partial charge < -0.3 is 14.8 Å². The van der Waals surface area contributed by atoms with Gasteiger partial charge >= 0.3 is 0 Å². The van der Waals surface area contributed by atoms with Crippen molar-refractivity contribution in [2.75, 3.05) is 13.2 Å². The molecule has 0 radical (unpaired) electrons. The van der Waals surface area contributed by atoms with Gasteiger partial charge in [0.25, 0.3) is 5.91 Å². The average Bonchev–Trinajstić information content (AvgIpc) is 2.46. The van der Waals surface area contributed by atoms with Crippen molar-refractivity contribution in [3.05, 3.63) is 23.8 Å². The highest BCUT2D eigenvalue weighted by Gasteiger charge is 2.13. The van der Waals surface area contributed by atoms with E-state index in [0.29, 0.717) is 29.6 Å². The highest BCUT2D eigenvalue weighted by atomic mass is 16.5. The fourth-order valence-electron chi connectivity index (χ4n) is 1.57. The van der Waals surface area contributed by atoms with E-state index in [4.69, 9.17) is 14.7 Å². The van der Waals surface area contributed by atoms with E-state index in [1.165, 1.54) is 0 Å². The maximum atomic E-state index is 11.8. The van der Waals surface area contributed by atoms with Gasteiger partial charge in [-0.2, -0.15) is 5.26 Å². The molecule has 1 atom stereocenters. The number of rotatable bonds is 7. The number of amides is 1. The normalized spacial score (nSPS) is 11.6. The van der Waals surface area contributed by atoms with Gasteiger partial charge in [0, 0.05) is 12.1 Å². The van der Waals surface area contributed by atoms with Crippen molar-refractivity contribution in [3.63, 3.8) is 0 Å². The first-order valence-corrected chi connectivity index (χ1v) is 7.07. The summed E-state index contributed by atoms with van der Waals surface area (Å²) in [5, 5.41) is 11.7. The lowest BCUT2D eigenvalue weighted by atomic mass is 10.1. The molecule has 0 aliphatic heterocycles. The van der Waals surface area contributed by atoms with Crippen molar-refractivity contribution in [2.24, 2.45) is 5.92 Å². The summed E-state index contributed by atoms with van der Waals surface area (Å²) < 4.78 is 10.9. The summed E-state index contributed by atoms with van der Waals surface area (Å²) in [7, 11) is 0. The third-order valence-electron chi connectivity index (χ3n) is 3.12. The summed E-state index contributed by atoms with van der Waals surface area (Å²) in [4.78, 5) is 11.8. The summed E-state index contributed by atoms with van der Waals surface area (Å²) in [5.41, 5.74) is 0.490. The molecule has 0 aromatic heterocycles. The molecule has 1 amide bonds. The monoisotopic (exact) mass is 290 g/mol. The van der Waals surface area contributed by atoms with E-state index in [0.717, 1.165) is 0 Å². The summed E-state index contributed by atoms with van der Waals surface area (Å²) in [6.45, 7) is 8.26. The van der Waals surface area contributed by atoms with Crippen LogP contribution in [0.5, 0.6) is 11.5 Å². The highest BCUT2D eigenvalue weighted by Crippen LogP contribution is 2.28. The molecule has 0 saturated heterocycles. The molecule has 1 aromatic rings. The van der Waals surface area contributed by atoms with Gasteiger partial charge in [0.2, 0.25) is 0 Å². The third kappa shape index (κ3) is 5.35. The summed E-state index contributed by atoms with van der Waals surface area (Å²) in [6.07, 6.45) is 0. The molecule has 0 aliphatic rings. The number of benzene rings is 1. The molecule has 1 unspecified atom stereocenters. The molecule has 1 aromatic carbocycles. The predicted octanol–water partition coefficient (Wildman–Crippen LogP) is 2.50. The molecule has 114 valence electrons. The van der Waals surface area contributed by atoms with E-state index in [9.17, 15) is 4.79 Å². The Kier molecular flexibility index (Phi) is 6.54. The van der Waals surface area contributed by atoms with Crippen LogP contribution >= 0.6 is 0 Å². The minimum atomic E-state index is -0.178. The number of hydrogen-bond acceptors (Lipinski definition) is 4. The van der Waals surface area contributed by atoms with Crippen molar-refractivity contribution in [3.8, 4) is 17.6 Å². The molecular formula is C16H22N2O3. The minimum Gasteiger partial charge on any atom is -0.490 e. The van der Waals surface area contributed by atoms with Crippen LogP contribution < -0.4 is 14.8 Å². The van der Waals surface area contributed by atoms with Gasteiger partial charge in [0.1, 0.15) is 0 Å². The molecule has 0 heterocycles. The van der Waals surface area contributed by atoms with Crippen LogP contribution in [0.3, 0.4) is 0 Å². The van der Waals surface area contributed by atoms with Crippen molar-refractivity contribution >= 4 is 5.91 Å². The van der Waals surface area contributed by atoms with E-state index in [1.807, 2.05) is 33.8 Å². The van der Waals surface area contributed by atoms with E-state index in [2.05, 4.69) is 5.32 Å². The van der Waals surface area contributed by atoms with Crippen LogP contribution in [-0.2, 0) is 4.79 Å². The Morgan fingerprint density at radius 2 is 2.00 bits per heavy atom. The molecular weight excluding hydrogens is 268 g/mol. The zero-order valence-electron chi connectivity index (χ0n) is 13.0. The lowest BCUT2D eigenvalue weighted by Gasteiger charge is -2.18. The Bertz CT molecular complexity index is 521. The number of carbonyl (C=O) groups excluding carboxylic acids is 1. The highest BCUT2D eigenvalue weighted by molar-refractivity contribution is 5.77. The van der Waals surface area contributed by atoms with Crippen LogP contribution in [0.2, 0.25) is 0 Å². The lowest BCUT2D eigenvalue weighted by Crippen LogP contribution is -2.38. The van der Waals surface area contributed by atoms with Crippen LogP contribution in [0, 0.1) is 17.2 Å². The Balaban J connectivity index is 2.66. The summed E-state index contributed by atoms with van der Waals surface area (Å²) in [6, 6.07) is 7.01. The largest absolute Gasteiger partial charge is 0.490 e. The number of nitrogens with one attached hydrogen (secondary N) is 1. The Morgan fingerprint density at radius 3 is 2.57 bits per heavy atom. The molecule has 0 saturated carbocycles. The quantitative estimate of drug-likeness (QED) is 0.837. The minimum absolute atomic E-state index is 0.0803. The molecule has 0 fully saturated rings. The smallest absolute Gasteiger partial charge is 0.258 e. The molecule has 5 nitrogen and oxygen atoms in total. The summed E-state index contributed by atoms with van der Waals surface area (Å²) in [5.74, 6) is 1.12. The van der Waals surface area contributed by atoms with Crippen molar-refractivity contribution in [1.29, 1.82) is 5.26 Å². The number of nitrogens with zero attached hydrogens (tertiary/aromatic N) is 1. The third-order valence-corrected chi connectivity index (χ3v) is 3.12. The van der Waals surface area contributed by atoms with Gasteiger partial charge in [-0.1, -0.05) is 13.8 Å². The van der Waals surface area contributed by atoms with Crippen molar-refractivity contribution in [1.82, 2.24) is 5.32 Å². The van der Waals surface area contributed by atoms with Gasteiger partial charge in [0.15, 0.2) is 18.1 Å². The van der Waals surface area contributed by atoms with Crippen molar-refractivity contribution in [2.45, 2.75) is 33.7 Å². The van der Waals surface area contributed by atoms with Gasteiger partial charge in [-0.25, -0.2) is 0 Å². The second-order valence-electron chi connectivity index (χ2n) is 5.10. The SMILES string of the molecule is CCOc1cc(C#N)ccc1OCC(=O)NC(C)C(C)C. The topological polar surface area (TPSA) is 71.3 Å². The first-order valence-electron chi connectivity index (χ1n) is 7.07. The van der Waals surface area contributed by atoms with Gasteiger partial charge in [-0.3, -0.25) is 4.79 Å². The lowest BCUT2D eigenvalue weighted by molar-refractivity contribution is -0.124. The number of nitriles is 1. The standard InChI is InChI=1S/C16H22N2O3/c1-5-20-15-8-13(9-17)6-7-14(15)21-10-16(19)18-12(4)11(2)3/h6-8,11-12H,5,10H2,1-4H3,(H,18,19). The number of hydrogen-bond donors (Lipinski definition) is 1. The molecule has 0 bridgehead atoms. The first-order chi connectivity index (χ1) is 9.97. The number of carbonyl (C=O) groups is 1. The molecule has 1 N–H and O–H groups in total. The summed E-state index contributed by atoms with van der Waals surface area (Å²) >= 11 is 0. The van der Waals surface area contributed by atoms with Crippen molar-refractivity contribution < 1.29 is 14.3 Å². The van der Waals surface area contributed by atoms with Crippen LogP contribution in [0.1, 0.15) is 33.3 Å². The average molecular weight is 290 g/mol. The Morgan fingerprint density at radius 1 is 1.29 bits per heavy atom. The maximum absolute atomic E-state index is 11.8. The van der Waals surface area contributed by atoms with Crippen LogP contribution in [0.4, 0.5) is 0 Å². The van der Waals surface area contributed by atoms with E-state index in [1.54, 1.807) is 18.2 Å². The molecule has 5 heteroatoms. The second-order valence-corrected chi connectivity index (χ2v) is 5.10. The Labute approximate surface area is 125 Å². The first kappa shape index (κ1) is 16.8. The van der Waals surface area contributed by atoms with E-state index < -0.39 is 0 Å². The van der Waals surface area contributed by atoms with E-state index in [-0.39, 0.29) is 18.6 Å². The Hall–Kier alpha value is -2.22. The predicted molar refractivity (Wildman–Crippen MR) is 80.3 cm³/mol. The van der Waals surface area contributed by atoms with Gasteiger partial charge in [-0.05, 0) is 31.9 Å². The van der Waals surface area contributed by atoms with Crippen LogP contribution in [0.15, 0.2) is 18.2 Å². The molecule has 1 rings (SSSR count). The number of ether oxygens (including phenoxy) is 2. The maximum Gasteiger partial charge on any atom is 0.258 e. The fourth-order valence-corrected chi connectivity index (χ4v) is 1.57. The van der Waals surface area contributed by atoms with Gasteiger partial charge in [0.05, 0.1) is 18.2 Å². The zero-order chi connectivity index (χ0) is 15.8. The molecule has 0 aliphatic carbocycles. The molecule has 0 spiro atoms. The fraction of sp³-hybridized carbons (Fsp3) is 0.500. The second kappa shape index (κ2) is 8.15. The van der Waals surface area contributed by atoms with Crippen LogP contribution in [0.25, 0.3) is 0 Å². The van der Waals surface area contributed by atoms with Crippen LogP contribution in [-0.4, -0.2) is 25.2 Å². The molecule has 21 heavy (non-hydrogen) atoms.